The average Bonchev–Trinajstić information content (AvgIpc) is 2.81. The number of carbonyl (C=O) groups is 1. The van der Waals surface area contributed by atoms with E-state index in [0.29, 0.717) is 6.54 Å². The minimum Gasteiger partial charge on any atom is -0.348 e. The second-order valence-corrected chi connectivity index (χ2v) is 5.45. The van der Waals surface area contributed by atoms with E-state index in [-0.39, 0.29) is 5.91 Å². The zero-order chi connectivity index (χ0) is 14.1. The Morgan fingerprint density at radius 2 is 1.75 bits per heavy atom. The van der Waals surface area contributed by atoms with Crippen LogP contribution in [0, 0.1) is 0 Å². The Morgan fingerprint density at radius 3 is 2.45 bits per heavy atom. The van der Waals surface area contributed by atoms with Crippen LogP contribution < -0.4 is 5.32 Å². The van der Waals surface area contributed by atoms with Crippen LogP contribution in [0.5, 0.6) is 0 Å². The van der Waals surface area contributed by atoms with E-state index in [9.17, 15) is 4.79 Å². The predicted octanol–water partition coefficient (Wildman–Crippen LogP) is 2.66. The SMILES string of the molecule is CN(C)Cc1ccc(-c2cccc3c2CNC3=O)cc1. The average molecular weight is 266 g/mol. The van der Waals surface area contributed by atoms with Crippen molar-refractivity contribution in [2.75, 3.05) is 14.1 Å². The van der Waals surface area contributed by atoms with Crippen LogP contribution in [0.1, 0.15) is 21.5 Å². The van der Waals surface area contributed by atoms with Gasteiger partial charge in [-0.15, -0.1) is 0 Å². The Balaban J connectivity index is 1.96. The number of fused-ring (bicyclic) bond motifs is 1. The molecule has 20 heavy (non-hydrogen) atoms. The molecule has 1 N–H and O–H groups in total. The standard InChI is InChI=1S/C17H18N2O/c1-19(2)11-12-6-8-13(9-7-12)14-4-3-5-15-16(14)10-18-17(15)20/h3-9H,10-11H2,1-2H3,(H,18,20). The number of benzene rings is 2. The summed E-state index contributed by atoms with van der Waals surface area (Å²) in [5, 5.41) is 2.89. The fourth-order valence-electron chi connectivity index (χ4n) is 2.68. The molecule has 1 aliphatic rings. The van der Waals surface area contributed by atoms with E-state index >= 15 is 0 Å². The second-order valence-electron chi connectivity index (χ2n) is 5.45. The molecule has 2 aromatic carbocycles. The van der Waals surface area contributed by atoms with Crippen molar-refractivity contribution < 1.29 is 4.79 Å². The quantitative estimate of drug-likeness (QED) is 0.926. The molecular formula is C17H18N2O. The van der Waals surface area contributed by atoms with Crippen molar-refractivity contribution in [1.82, 2.24) is 10.2 Å². The van der Waals surface area contributed by atoms with E-state index in [1.54, 1.807) is 0 Å². The lowest BCUT2D eigenvalue weighted by Gasteiger charge is -2.11. The van der Waals surface area contributed by atoms with Gasteiger partial charge in [-0.25, -0.2) is 0 Å². The summed E-state index contributed by atoms with van der Waals surface area (Å²) in [6, 6.07) is 14.5. The fourth-order valence-corrected chi connectivity index (χ4v) is 2.68. The molecule has 0 radical (unpaired) electrons. The first-order valence-electron chi connectivity index (χ1n) is 6.79. The van der Waals surface area contributed by atoms with E-state index in [0.717, 1.165) is 23.2 Å². The normalized spacial score (nSPS) is 13.4. The van der Waals surface area contributed by atoms with Crippen molar-refractivity contribution in [2.24, 2.45) is 0 Å². The number of nitrogens with one attached hydrogen (secondary N) is 1. The van der Waals surface area contributed by atoms with Gasteiger partial charge in [-0.3, -0.25) is 4.79 Å². The summed E-state index contributed by atoms with van der Waals surface area (Å²) in [7, 11) is 4.13. The fraction of sp³-hybridized carbons (Fsp3) is 0.235. The summed E-state index contributed by atoms with van der Waals surface area (Å²) in [4.78, 5) is 13.9. The van der Waals surface area contributed by atoms with Crippen molar-refractivity contribution in [3.8, 4) is 11.1 Å². The van der Waals surface area contributed by atoms with Gasteiger partial charge in [0.2, 0.25) is 0 Å². The van der Waals surface area contributed by atoms with Gasteiger partial charge in [0.1, 0.15) is 0 Å². The van der Waals surface area contributed by atoms with Crippen LogP contribution in [0.3, 0.4) is 0 Å². The van der Waals surface area contributed by atoms with Gasteiger partial charge in [0, 0.05) is 18.7 Å². The van der Waals surface area contributed by atoms with Gasteiger partial charge in [-0.05, 0) is 42.4 Å². The molecule has 3 rings (SSSR count). The lowest BCUT2D eigenvalue weighted by Crippen LogP contribution is -2.12. The van der Waals surface area contributed by atoms with Gasteiger partial charge >= 0.3 is 0 Å². The number of amides is 1. The third-order valence-electron chi connectivity index (χ3n) is 3.61. The lowest BCUT2D eigenvalue weighted by molar-refractivity contribution is 0.0966. The maximum Gasteiger partial charge on any atom is 0.251 e. The van der Waals surface area contributed by atoms with Crippen LogP contribution in [-0.2, 0) is 13.1 Å². The van der Waals surface area contributed by atoms with Gasteiger partial charge in [0.15, 0.2) is 0 Å². The minimum absolute atomic E-state index is 0.0334. The summed E-state index contributed by atoms with van der Waals surface area (Å²) < 4.78 is 0. The van der Waals surface area contributed by atoms with E-state index < -0.39 is 0 Å². The van der Waals surface area contributed by atoms with E-state index in [1.807, 2.05) is 12.1 Å². The second kappa shape index (κ2) is 5.10. The largest absolute Gasteiger partial charge is 0.348 e. The summed E-state index contributed by atoms with van der Waals surface area (Å²) in [6.07, 6.45) is 0. The number of carbonyl (C=O) groups excluding carboxylic acids is 1. The van der Waals surface area contributed by atoms with Crippen LogP contribution >= 0.6 is 0 Å². The number of nitrogens with zero attached hydrogens (tertiary/aromatic N) is 1. The minimum atomic E-state index is 0.0334. The van der Waals surface area contributed by atoms with Crippen molar-refractivity contribution in [1.29, 1.82) is 0 Å². The molecule has 0 aliphatic carbocycles. The summed E-state index contributed by atoms with van der Waals surface area (Å²) in [5.41, 5.74) is 5.52. The Bertz CT molecular complexity index is 645. The molecule has 0 atom stereocenters. The molecule has 0 aromatic heterocycles. The third kappa shape index (κ3) is 2.32. The summed E-state index contributed by atoms with van der Waals surface area (Å²) in [6.45, 7) is 1.57. The van der Waals surface area contributed by atoms with Crippen LogP contribution in [0.15, 0.2) is 42.5 Å². The van der Waals surface area contributed by atoms with E-state index in [1.165, 1.54) is 11.1 Å². The molecule has 1 heterocycles. The first-order chi connectivity index (χ1) is 9.65. The molecule has 0 unspecified atom stereocenters. The first kappa shape index (κ1) is 12.9. The topological polar surface area (TPSA) is 32.3 Å². The molecule has 0 saturated carbocycles. The Morgan fingerprint density at radius 1 is 1.05 bits per heavy atom. The van der Waals surface area contributed by atoms with Crippen LogP contribution in [-0.4, -0.2) is 24.9 Å². The predicted molar refractivity (Wildman–Crippen MR) is 80.4 cm³/mol. The highest BCUT2D eigenvalue weighted by Gasteiger charge is 2.21. The van der Waals surface area contributed by atoms with E-state index in [2.05, 4.69) is 54.6 Å². The van der Waals surface area contributed by atoms with Gasteiger partial charge in [0.25, 0.3) is 5.91 Å². The maximum absolute atomic E-state index is 11.7. The summed E-state index contributed by atoms with van der Waals surface area (Å²) >= 11 is 0. The van der Waals surface area contributed by atoms with Crippen molar-refractivity contribution in [3.63, 3.8) is 0 Å². The molecule has 2 aromatic rings. The van der Waals surface area contributed by atoms with Gasteiger partial charge in [0.05, 0.1) is 0 Å². The molecule has 3 nitrogen and oxygen atoms in total. The molecule has 0 bridgehead atoms. The Hall–Kier alpha value is -2.13. The molecule has 3 heteroatoms. The van der Waals surface area contributed by atoms with Gasteiger partial charge < -0.3 is 10.2 Å². The van der Waals surface area contributed by atoms with Gasteiger partial charge in [-0.1, -0.05) is 36.4 Å². The van der Waals surface area contributed by atoms with Crippen molar-refractivity contribution >= 4 is 5.91 Å². The third-order valence-corrected chi connectivity index (χ3v) is 3.61. The van der Waals surface area contributed by atoms with Crippen molar-refractivity contribution in [2.45, 2.75) is 13.1 Å². The smallest absolute Gasteiger partial charge is 0.251 e. The first-order valence-corrected chi connectivity index (χ1v) is 6.79. The lowest BCUT2D eigenvalue weighted by atomic mass is 9.96. The van der Waals surface area contributed by atoms with Crippen LogP contribution in [0.25, 0.3) is 11.1 Å². The molecule has 0 spiro atoms. The molecular weight excluding hydrogens is 248 g/mol. The number of hydrogen-bond donors (Lipinski definition) is 1. The van der Waals surface area contributed by atoms with Gasteiger partial charge in [-0.2, -0.15) is 0 Å². The highest BCUT2D eigenvalue weighted by Crippen LogP contribution is 2.29. The number of rotatable bonds is 3. The zero-order valence-corrected chi connectivity index (χ0v) is 11.8. The number of hydrogen-bond acceptors (Lipinski definition) is 2. The van der Waals surface area contributed by atoms with Crippen LogP contribution in [0.2, 0.25) is 0 Å². The molecule has 0 saturated heterocycles. The molecule has 1 amide bonds. The molecule has 0 fully saturated rings. The molecule has 1 aliphatic heterocycles. The zero-order valence-electron chi connectivity index (χ0n) is 11.8. The summed E-state index contributed by atoms with van der Waals surface area (Å²) in [5.74, 6) is 0.0334. The molecule has 102 valence electrons. The maximum atomic E-state index is 11.7. The van der Waals surface area contributed by atoms with Crippen molar-refractivity contribution in [3.05, 3.63) is 59.2 Å². The Kier molecular flexibility index (Phi) is 3.28. The van der Waals surface area contributed by atoms with Crippen LogP contribution in [0.4, 0.5) is 0 Å². The van der Waals surface area contributed by atoms with E-state index in [4.69, 9.17) is 0 Å². The monoisotopic (exact) mass is 266 g/mol. The Labute approximate surface area is 119 Å². The highest BCUT2D eigenvalue weighted by atomic mass is 16.1. The highest BCUT2D eigenvalue weighted by molar-refractivity contribution is 6.00.